The summed E-state index contributed by atoms with van der Waals surface area (Å²) in [7, 11) is 0. The van der Waals surface area contributed by atoms with E-state index in [4.69, 9.17) is 0 Å². The molecule has 0 radical (unpaired) electrons. The average molecular weight is 336 g/mol. The normalized spacial score (nSPS) is 15.3. The number of hydrogen-bond donors (Lipinski definition) is 1. The van der Waals surface area contributed by atoms with E-state index in [2.05, 4.69) is 12.2 Å². The van der Waals surface area contributed by atoms with Crippen molar-refractivity contribution in [3.05, 3.63) is 59.7 Å². The number of nitrogens with one attached hydrogen (secondary N) is 1. The van der Waals surface area contributed by atoms with Crippen molar-refractivity contribution in [2.75, 3.05) is 16.8 Å². The fraction of sp³-hybridized carbons (Fsp3) is 0.333. The Labute approximate surface area is 148 Å². The van der Waals surface area contributed by atoms with E-state index in [1.807, 2.05) is 60.4 Å². The second-order valence-electron chi connectivity index (χ2n) is 6.71. The summed E-state index contributed by atoms with van der Waals surface area (Å²) >= 11 is 0. The fourth-order valence-electron chi connectivity index (χ4n) is 3.33. The Bertz CT molecular complexity index is 771. The monoisotopic (exact) mass is 336 g/mol. The fourth-order valence-corrected chi connectivity index (χ4v) is 3.33. The van der Waals surface area contributed by atoms with Crippen LogP contribution in [0, 0.1) is 6.92 Å². The van der Waals surface area contributed by atoms with E-state index in [9.17, 15) is 9.59 Å². The quantitative estimate of drug-likeness (QED) is 0.887. The van der Waals surface area contributed by atoms with Gasteiger partial charge in [0.1, 0.15) is 0 Å². The van der Waals surface area contributed by atoms with Crippen LogP contribution in [0.5, 0.6) is 0 Å². The highest BCUT2D eigenvalue weighted by Gasteiger charge is 2.23. The Kier molecular flexibility index (Phi) is 5.17. The number of nitrogens with zero attached hydrogens (tertiary/aromatic N) is 1. The van der Waals surface area contributed by atoms with Crippen molar-refractivity contribution in [3.63, 3.8) is 0 Å². The van der Waals surface area contributed by atoms with Crippen LogP contribution in [0.4, 0.5) is 11.4 Å². The molecule has 1 saturated heterocycles. The maximum Gasteiger partial charge on any atom is 0.227 e. The zero-order valence-electron chi connectivity index (χ0n) is 14.8. The molecule has 3 rings (SSSR count). The third-order valence-electron chi connectivity index (χ3n) is 4.70. The lowest BCUT2D eigenvalue weighted by molar-refractivity contribution is -0.117. The number of carbonyl (C=O) groups excluding carboxylic acids is 2. The zero-order valence-corrected chi connectivity index (χ0v) is 14.8. The first-order valence-corrected chi connectivity index (χ1v) is 8.80. The van der Waals surface area contributed by atoms with Gasteiger partial charge in [0, 0.05) is 30.8 Å². The second-order valence-corrected chi connectivity index (χ2v) is 6.71. The van der Waals surface area contributed by atoms with Gasteiger partial charge >= 0.3 is 0 Å². The molecule has 2 aromatic rings. The molecule has 1 N–H and O–H groups in total. The highest BCUT2D eigenvalue weighted by atomic mass is 16.2. The Morgan fingerprint density at radius 2 is 1.96 bits per heavy atom. The predicted molar refractivity (Wildman–Crippen MR) is 101 cm³/mol. The van der Waals surface area contributed by atoms with Crippen LogP contribution >= 0.6 is 0 Å². The smallest absolute Gasteiger partial charge is 0.227 e. The molecule has 0 bridgehead atoms. The molecular weight excluding hydrogens is 312 g/mol. The highest BCUT2D eigenvalue weighted by Crippen LogP contribution is 2.28. The first kappa shape index (κ1) is 17.2. The largest absolute Gasteiger partial charge is 0.326 e. The number of carbonyl (C=O) groups is 2. The van der Waals surface area contributed by atoms with E-state index in [0.717, 1.165) is 35.5 Å². The number of benzene rings is 2. The third kappa shape index (κ3) is 4.08. The molecule has 0 aliphatic carbocycles. The Morgan fingerprint density at radius 1 is 1.20 bits per heavy atom. The van der Waals surface area contributed by atoms with Gasteiger partial charge in [-0.3, -0.25) is 9.59 Å². The van der Waals surface area contributed by atoms with Crippen molar-refractivity contribution in [1.82, 2.24) is 0 Å². The standard InChI is InChI=1S/C21H24N2O2/c1-15(17-7-4-3-5-8-17)14-20(24)22-18-10-11-19(16(2)13-18)23-12-6-9-21(23)25/h3-5,7-8,10-11,13,15H,6,9,12,14H2,1-2H3,(H,22,24)/t15-/m1/s1. The van der Waals surface area contributed by atoms with Crippen LogP contribution in [0.2, 0.25) is 0 Å². The van der Waals surface area contributed by atoms with Gasteiger partial charge in [0.25, 0.3) is 0 Å². The van der Waals surface area contributed by atoms with E-state index in [1.54, 1.807) is 0 Å². The van der Waals surface area contributed by atoms with Crippen molar-refractivity contribution < 1.29 is 9.59 Å². The van der Waals surface area contributed by atoms with Gasteiger partial charge < -0.3 is 10.2 Å². The first-order valence-electron chi connectivity index (χ1n) is 8.80. The molecule has 2 amide bonds. The molecule has 130 valence electrons. The van der Waals surface area contributed by atoms with E-state index >= 15 is 0 Å². The molecule has 1 aliphatic rings. The van der Waals surface area contributed by atoms with E-state index in [0.29, 0.717) is 12.8 Å². The van der Waals surface area contributed by atoms with Crippen molar-refractivity contribution in [2.24, 2.45) is 0 Å². The minimum absolute atomic E-state index is 0.000696. The van der Waals surface area contributed by atoms with Crippen molar-refractivity contribution in [2.45, 2.75) is 39.0 Å². The minimum Gasteiger partial charge on any atom is -0.326 e. The lowest BCUT2D eigenvalue weighted by Crippen LogP contribution is -2.24. The van der Waals surface area contributed by atoms with Gasteiger partial charge in [-0.1, -0.05) is 37.3 Å². The van der Waals surface area contributed by atoms with Gasteiger partial charge in [0.2, 0.25) is 11.8 Å². The molecule has 0 spiro atoms. The SMILES string of the molecule is Cc1cc(NC(=O)C[C@@H](C)c2ccccc2)ccc1N1CCCC1=O. The number of aryl methyl sites for hydroxylation is 1. The van der Waals surface area contributed by atoms with Crippen LogP contribution in [0.25, 0.3) is 0 Å². The highest BCUT2D eigenvalue weighted by molar-refractivity contribution is 5.97. The summed E-state index contributed by atoms with van der Waals surface area (Å²) in [6.07, 6.45) is 1.97. The lowest BCUT2D eigenvalue weighted by atomic mass is 9.97. The molecule has 0 unspecified atom stereocenters. The number of hydrogen-bond acceptors (Lipinski definition) is 2. The molecule has 1 aliphatic heterocycles. The Morgan fingerprint density at radius 3 is 2.60 bits per heavy atom. The molecule has 1 atom stereocenters. The summed E-state index contributed by atoms with van der Waals surface area (Å²) in [4.78, 5) is 26.1. The van der Waals surface area contributed by atoms with Gasteiger partial charge in [-0.2, -0.15) is 0 Å². The molecule has 2 aromatic carbocycles. The summed E-state index contributed by atoms with van der Waals surface area (Å²) in [5.74, 6) is 0.348. The third-order valence-corrected chi connectivity index (χ3v) is 4.70. The summed E-state index contributed by atoms with van der Waals surface area (Å²) in [6.45, 7) is 4.81. The molecule has 4 nitrogen and oxygen atoms in total. The van der Waals surface area contributed by atoms with Gasteiger partial charge in [0.15, 0.2) is 0 Å². The number of anilines is 2. The van der Waals surface area contributed by atoms with Crippen molar-refractivity contribution in [1.29, 1.82) is 0 Å². The number of amides is 2. The van der Waals surface area contributed by atoms with Crippen LogP contribution in [-0.2, 0) is 9.59 Å². The van der Waals surface area contributed by atoms with Crippen molar-refractivity contribution in [3.8, 4) is 0 Å². The molecule has 1 heterocycles. The van der Waals surface area contributed by atoms with E-state index in [-0.39, 0.29) is 17.7 Å². The Balaban J connectivity index is 1.64. The van der Waals surface area contributed by atoms with Gasteiger partial charge in [-0.15, -0.1) is 0 Å². The summed E-state index contributed by atoms with van der Waals surface area (Å²) in [5.41, 5.74) is 3.89. The average Bonchev–Trinajstić information content (AvgIpc) is 3.01. The van der Waals surface area contributed by atoms with E-state index < -0.39 is 0 Å². The van der Waals surface area contributed by atoms with Crippen LogP contribution in [0.1, 0.15) is 43.2 Å². The summed E-state index contributed by atoms with van der Waals surface area (Å²) in [6, 6.07) is 15.8. The minimum atomic E-state index is 0.000696. The molecular formula is C21H24N2O2. The predicted octanol–water partition coefficient (Wildman–Crippen LogP) is 4.25. The van der Waals surface area contributed by atoms with Crippen molar-refractivity contribution >= 4 is 23.2 Å². The molecule has 0 aromatic heterocycles. The van der Waals surface area contributed by atoms with Crippen LogP contribution in [0.15, 0.2) is 48.5 Å². The van der Waals surface area contributed by atoms with Gasteiger partial charge in [-0.25, -0.2) is 0 Å². The lowest BCUT2D eigenvalue weighted by Gasteiger charge is -2.19. The van der Waals surface area contributed by atoms with Crippen LogP contribution < -0.4 is 10.2 Å². The summed E-state index contributed by atoms with van der Waals surface area (Å²) in [5, 5.41) is 2.97. The maximum absolute atomic E-state index is 12.3. The first-order chi connectivity index (χ1) is 12.0. The molecule has 4 heteroatoms. The van der Waals surface area contributed by atoms with Crippen LogP contribution in [-0.4, -0.2) is 18.4 Å². The second kappa shape index (κ2) is 7.51. The molecule has 0 saturated carbocycles. The molecule has 25 heavy (non-hydrogen) atoms. The van der Waals surface area contributed by atoms with Crippen LogP contribution in [0.3, 0.4) is 0 Å². The van der Waals surface area contributed by atoms with Gasteiger partial charge in [0.05, 0.1) is 0 Å². The Hall–Kier alpha value is -2.62. The maximum atomic E-state index is 12.3. The number of rotatable bonds is 5. The molecule has 1 fully saturated rings. The topological polar surface area (TPSA) is 49.4 Å². The van der Waals surface area contributed by atoms with E-state index in [1.165, 1.54) is 0 Å². The van der Waals surface area contributed by atoms with Gasteiger partial charge in [-0.05, 0) is 48.6 Å². The zero-order chi connectivity index (χ0) is 17.8. The summed E-state index contributed by atoms with van der Waals surface area (Å²) < 4.78 is 0.